The van der Waals surface area contributed by atoms with E-state index in [1.165, 1.54) is 11.3 Å². The van der Waals surface area contributed by atoms with E-state index in [0.29, 0.717) is 0 Å². The van der Waals surface area contributed by atoms with Gasteiger partial charge in [0.25, 0.3) is 0 Å². The van der Waals surface area contributed by atoms with E-state index in [-0.39, 0.29) is 5.91 Å². The van der Waals surface area contributed by atoms with Gasteiger partial charge in [0, 0.05) is 17.9 Å². The van der Waals surface area contributed by atoms with E-state index in [1.807, 2.05) is 55.6 Å². The molecule has 1 aliphatic heterocycles. The van der Waals surface area contributed by atoms with Crippen LogP contribution in [0.5, 0.6) is 0 Å². The molecule has 0 spiro atoms. The molecule has 0 aliphatic carbocycles. The van der Waals surface area contributed by atoms with E-state index in [2.05, 4.69) is 4.98 Å². The van der Waals surface area contributed by atoms with E-state index in [1.54, 1.807) is 5.32 Å². The van der Waals surface area contributed by atoms with Crippen molar-refractivity contribution in [2.24, 2.45) is 0 Å². The van der Waals surface area contributed by atoms with Gasteiger partial charge in [0.1, 0.15) is 16.3 Å². The number of quaternary nitrogens is 1. The molecule has 0 fully saturated rings. The van der Waals surface area contributed by atoms with E-state index in [4.69, 9.17) is 0 Å². The summed E-state index contributed by atoms with van der Waals surface area (Å²) in [5, 5.41) is 4.47. The first-order valence-corrected chi connectivity index (χ1v) is 7.32. The highest BCUT2D eigenvalue weighted by atomic mass is 32.1. The summed E-state index contributed by atoms with van der Waals surface area (Å²) in [6.07, 6.45) is 2.03. The van der Waals surface area contributed by atoms with Gasteiger partial charge >= 0.3 is 5.91 Å². The Kier molecular flexibility index (Phi) is 3.34. The Morgan fingerprint density at radius 1 is 1.15 bits per heavy atom. The monoisotopic (exact) mass is 283 g/mol. The zero-order chi connectivity index (χ0) is 14.1. The first-order valence-electron chi connectivity index (χ1n) is 6.45. The second-order valence-corrected chi connectivity index (χ2v) is 5.72. The van der Waals surface area contributed by atoms with Crippen molar-refractivity contribution in [3.8, 4) is 11.3 Å². The number of carbonyl (C=O) groups excluding carboxylic acids is 1. The fourth-order valence-corrected chi connectivity index (χ4v) is 3.28. The molecule has 2 N–H and O–H groups in total. The molecular weight excluding hydrogens is 268 g/mol. The van der Waals surface area contributed by atoms with E-state index in [9.17, 15) is 4.79 Å². The second-order valence-electron chi connectivity index (χ2n) is 4.86. The molecule has 0 unspecified atom stereocenters. The third kappa shape index (κ3) is 2.35. The molecule has 1 aromatic heterocycles. The van der Waals surface area contributed by atoms with Crippen LogP contribution in [0.1, 0.15) is 18.9 Å². The summed E-state index contributed by atoms with van der Waals surface area (Å²) in [6, 6.07) is 10.0. The zero-order valence-corrected chi connectivity index (χ0v) is 12.2. The van der Waals surface area contributed by atoms with Crippen molar-refractivity contribution < 1.29 is 10.1 Å². The predicted molar refractivity (Wildman–Crippen MR) is 80.8 cm³/mol. The number of nitrogens with zero attached hydrogens (tertiary/aromatic N) is 1. The van der Waals surface area contributed by atoms with Gasteiger partial charge in [0.2, 0.25) is 0 Å². The first kappa shape index (κ1) is 13.0. The van der Waals surface area contributed by atoms with Crippen LogP contribution in [0.4, 0.5) is 0 Å². The minimum Gasteiger partial charge on any atom is -0.250 e. The number of primary amides is 1. The van der Waals surface area contributed by atoms with Gasteiger partial charge in [-0.2, -0.15) is 0 Å². The molecule has 1 amide bonds. The molecule has 0 saturated carbocycles. The van der Waals surface area contributed by atoms with E-state index in [0.717, 1.165) is 33.1 Å². The molecule has 1 aliphatic rings. The fourth-order valence-electron chi connectivity index (χ4n) is 2.33. The zero-order valence-electron chi connectivity index (χ0n) is 11.4. The lowest BCUT2D eigenvalue weighted by atomic mass is 10.0. The molecule has 0 atom stereocenters. The predicted octanol–water partition coefficient (Wildman–Crippen LogP) is 2.59. The third-order valence-electron chi connectivity index (χ3n) is 3.23. The van der Waals surface area contributed by atoms with Gasteiger partial charge < -0.3 is 0 Å². The van der Waals surface area contributed by atoms with Gasteiger partial charge in [-0.1, -0.05) is 30.3 Å². The second kappa shape index (κ2) is 5.15. The largest absolute Gasteiger partial charge is 0.350 e. The molecule has 3 rings (SSSR count). The smallest absolute Gasteiger partial charge is 0.250 e. The van der Waals surface area contributed by atoms with Crippen molar-refractivity contribution in [2.75, 3.05) is 0 Å². The van der Waals surface area contributed by atoms with Gasteiger partial charge in [0.05, 0.1) is 5.69 Å². The Bertz CT molecular complexity index is 726. The number of allylic oxidation sites excluding steroid dienone is 3. The van der Waals surface area contributed by atoms with Crippen LogP contribution >= 0.6 is 11.3 Å². The first-order chi connectivity index (χ1) is 9.65. The lowest BCUT2D eigenvalue weighted by Gasteiger charge is -2.10. The number of thiazole rings is 1. The van der Waals surface area contributed by atoms with Crippen molar-refractivity contribution in [2.45, 2.75) is 13.8 Å². The maximum atomic E-state index is 12.2. The summed E-state index contributed by atoms with van der Waals surface area (Å²) in [4.78, 5) is 16.8. The molecule has 0 bridgehead atoms. The third-order valence-corrected chi connectivity index (χ3v) is 4.09. The normalized spacial score (nSPS) is 15.5. The van der Waals surface area contributed by atoms with Crippen LogP contribution in [0, 0.1) is 0 Å². The summed E-state index contributed by atoms with van der Waals surface area (Å²) in [5.41, 5.74) is 4.71. The standard InChI is InChI=1S/C16H14N2OS/c1-10-8-11(2)17-15(19)14(10)16-18-13(9-20-16)12-6-4-3-5-7-12/h3-9H,1-2H3,(H,17,19)/p+1. The molecule has 0 radical (unpaired) electrons. The maximum Gasteiger partial charge on any atom is 0.350 e. The lowest BCUT2D eigenvalue weighted by Crippen LogP contribution is -2.86. The average Bonchev–Trinajstić information content (AvgIpc) is 2.88. The number of amides is 1. The highest BCUT2D eigenvalue weighted by molar-refractivity contribution is 7.11. The number of hydrogen-bond donors (Lipinski definition) is 1. The van der Waals surface area contributed by atoms with Crippen LogP contribution in [0.15, 0.2) is 53.1 Å². The minimum atomic E-state index is 0.0523. The van der Waals surface area contributed by atoms with Crippen LogP contribution in [0.25, 0.3) is 16.8 Å². The minimum absolute atomic E-state index is 0.0523. The number of carbonyl (C=O) groups is 1. The molecule has 1 aromatic carbocycles. The van der Waals surface area contributed by atoms with Crippen LogP contribution in [-0.2, 0) is 4.79 Å². The highest BCUT2D eigenvalue weighted by Gasteiger charge is 2.25. The fraction of sp³-hybridized carbons (Fsp3) is 0.125. The number of nitrogens with two attached hydrogens (primary N) is 1. The summed E-state index contributed by atoms with van der Waals surface area (Å²) in [5.74, 6) is 0.0523. The van der Waals surface area contributed by atoms with Crippen LogP contribution < -0.4 is 5.32 Å². The average molecular weight is 283 g/mol. The molecule has 2 heterocycles. The Labute approximate surface area is 121 Å². The van der Waals surface area contributed by atoms with Crippen molar-refractivity contribution in [1.29, 1.82) is 0 Å². The van der Waals surface area contributed by atoms with Gasteiger partial charge in [-0.15, -0.1) is 11.3 Å². The van der Waals surface area contributed by atoms with Crippen molar-refractivity contribution in [3.05, 3.63) is 58.1 Å². The van der Waals surface area contributed by atoms with Crippen LogP contribution in [0.2, 0.25) is 0 Å². The molecular formula is C16H15N2OS+. The van der Waals surface area contributed by atoms with Crippen molar-refractivity contribution in [1.82, 2.24) is 4.98 Å². The highest BCUT2D eigenvalue weighted by Crippen LogP contribution is 2.28. The number of rotatable bonds is 2. The Morgan fingerprint density at radius 2 is 1.90 bits per heavy atom. The Balaban J connectivity index is 2.03. The van der Waals surface area contributed by atoms with Crippen molar-refractivity contribution in [3.63, 3.8) is 0 Å². The quantitative estimate of drug-likeness (QED) is 0.921. The molecule has 3 nitrogen and oxygen atoms in total. The van der Waals surface area contributed by atoms with Gasteiger partial charge in [0.15, 0.2) is 0 Å². The molecule has 100 valence electrons. The van der Waals surface area contributed by atoms with Crippen LogP contribution in [0.3, 0.4) is 0 Å². The van der Waals surface area contributed by atoms with Crippen LogP contribution in [-0.4, -0.2) is 10.9 Å². The molecule has 0 saturated heterocycles. The summed E-state index contributed by atoms with van der Waals surface area (Å²) in [6.45, 7) is 3.91. The topological polar surface area (TPSA) is 46.6 Å². The van der Waals surface area contributed by atoms with E-state index >= 15 is 0 Å². The number of aromatic nitrogens is 1. The van der Waals surface area contributed by atoms with Crippen molar-refractivity contribution >= 4 is 22.8 Å². The molecule has 2 aromatic rings. The van der Waals surface area contributed by atoms with E-state index < -0.39 is 0 Å². The Morgan fingerprint density at radius 3 is 2.60 bits per heavy atom. The summed E-state index contributed by atoms with van der Waals surface area (Å²) >= 11 is 1.52. The molecule has 20 heavy (non-hydrogen) atoms. The molecule has 4 heteroatoms. The lowest BCUT2D eigenvalue weighted by molar-refractivity contribution is -0.513. The summed E-state index contributed by atoms with van der Waals surface area (Å²) in [7, 11) is 0. The number of hydrogen-bond acceptors (Lipinski definition) is 3. The summed E-state index contributed by atoms with van der Waals surface area (Å²) < 4.78 is 0. The Hall–Kier alpha value is -2.04. The number of benzene rings is 1. The SMILES string of the molecule is CC1=CC(C)=C(c2nc(-c3ccccc3)cs2)C(=O)[NH2+]1. The van der Waals surface area contributed by atoms with Gasteiger partial charge in [-0.3, -0.25) is 5.32 Å². The van der Waals surface area contributed by atoms with Gasteiger partial charge in [-0.25, -0.2) is 9.78 Å². The van der Waals surface area contributed by atoms with Gasteiger partial charge in [-0.05, 0) is 18.6 Å². The maximum absolute atomic E-state index is 12.2.